The number of hydrogen-bond acceptors (Lipinski definition) is 9. The third-order valence-corrected chi connectivity index (χ3v) is 8.21. The minimum Gasteiger partial charge on any atom is -0.497 e. The molecule has 0 bridgehead atoms. The zero-order chi connectivity index (χ0) is 26.6. The summed E-state index contributed by atoms with van der Waals surface area (Å²) in [5, 5.41) is 1.28. The van der Waals surface area contributed by atoms with Gasteiger partial charge < -0.3 is 14.2 Å². The molecule has 0 aliphatic carbocycles. The van der Waals surface area contributed by atoms with Crippen LogP contribution < -0.4 is 15.0 Å². The van der Waals surface area contributed by atoms with Gasteiger partial charge in [0.2, 0.25) is 0 Å². The number of thioether (sulfide) groups is 1. The normalized spacial score (nSPS) is 15.1. The van der Waals surface area contributed by atoms with E-state index in [0.29, 0.717) is 38.6 Å². The number of rotatable bonds is 8. The summed E-state index contributed by atoms with van der Waals surface area (Å²) in [4.78, 5) is 38.3. The summed E-state index contributed by atoms with van der Waals surface area (Å²) in [5.74, 6) is 1.29. The fourth-order valence-corrected chi connectivity index (χ4v) is 6.23. The highest BCUT2D eigenvalue weighted by atomic mass is 32.2. The first kappa shape index (κ1) is 26.1. The van der Waals surface area contributed by atoms with Gasteiger partial charge in [-0.15, -0.1) is 0 Å². The van der Waals surface area contributed by atoms with E-state index in [-0.39, 0.29) is 30.8 Å². The average molecular weight is 553 g/mol. The Kier molecular flexibility index (Phi) is 7.85. The van der Waals surface area contributed by atoms with Crippen LogP contribution in [0.4, 0.5) is 4.79 Å². The van der Waals surface area contributed by atoms with E-state index in [1.807, 2.05) is 48.7 Å². The highest BCUT2D eigenvalue weighted by Gasteiger charge is 2.34. The zero-order valence-corrected chi connectivity index (χ0v) is 23.0. The van der Waals surface area contributed by atoms with Gasteiger partial charge in [-0.05, 0) is 36.8 Å². The molecule has 198 valence electrons. The van der Waals surface area contributed by atoms with Crippen LogP contribution in [0.15, 0.2) is 58.5 Å². The zero-order valence-electron chi connectivity index (χ0n) is 21.4. The second kappa shape index (κ2) is 11.4. The Balaban J connectivity index is 1.43. The lowest BCUT2D eigenvalue weighted by molar-refractivity contribution is 0.0920. The number of nitrogens with zero attached hydrogens (tertiary/aromatic N) is 4. The van der Waals surface area contributed by atoms with Crippen LogP contribution in [0, 0.1) is 0 Å². The molecule has 38 heavy (non-hydrogen) atoms. The van der Waals surface area contributed by atoms with Gasteiger partial charge in [0.25, 0.3) is 5.56 Å². The quantitative estimate of drug-likeness (QED) is 0.220. The largest absolute Gasteiger partial charge is 0.497 e. The molecule has 0 N–H and O–H groups in total. The molecule has 1 amide bonds. The summed E-state index contributed by atoms with van der Waals surface area (Å²) in [5.41, 5.74) is 1.83. The lowest BCUT2D eigenvalue weighted by Crippen LogP contribution is -2.31. The van der Waals surface area contributed by atoms with Crippen molar-refractivity contribution < 1.29 is 19.0 Å². The minimum absolute atomic E-state index is 0.209. The standard InChI is InChI=1S/C27H28N4O5S2/c1-34-19-12-11-18(21(14-19)35-2)15-31-25(32)22-24(29-26(31)37-3)38-23(28-22)20-10-7-13-30(20)27(33)36-16-17-8-5-4-6-9-17/h4-6,8-9,11-12,14,20H,7,10,13,15-16H2,1-3H3. The van der Waals surface area contributed by atoms with E-state index in [9.17, 15) is 9.59 Å². The van der Waals surface area contributed by atoms with Crippen molar-refractivity contribution in [1.82, 2.24) is 19.4 Å². The number of likely N-dealkylation sites (tertiary alicyclic amines) is 1. The third kappa shape index (κ3) is 5.21. The molecule has 2 aromatic carbocycles. The molecule has 1 unspecified atom stereocenters. The van der Waals surface area contributed by atoms with E-state index in [4.69, 9.17) is 24.2 Å². The summed E-state index contributed by atoms with van der Waals surface area (Å²) >= 11 is 2.76. The van der Waals surface area contributed by atoms with Gasteiger partial charge in [-0.2, -0.15) is 0 Å². The van der Waals surface area contributed by atoms with E-state index in [1.54, 1.807) is 29.8 Å². The predicted molar refractivity (Wildman–Crippen MR) is 147 cm³/mol. The van der Waals surface area contributed by atoms with Crippen molar-refractivity contribution in [2.45, 2.75) is 37.2 Å². The van der Waals surface area contributed by atoms with Crippen LogP contribution in [0.2, 0.25) is 0 Å². The first-order valence-electron chi connectivity index (χ1n) is 12.2. The third-order valence-electron chi connectivity index (χ3n) is 6.48. The summed E-state index contributed by atoms with van der Waals surface area (Å²) in [6.45, 7) is 1.07. The smallest absolute Gasteiger partial charge is 0.410 e. The van der Waals surface area contributed by atoms with Crippen LogP contribution >= 0.6 is 23.1 Å². The summed E-state index contributed by atoms with van der Waals surface area (Å²) < 4.78 is 18.0. The van der Waals surface area contributed by atoms with Crippen molar-refractivity contribution in [2.75, 3.05) is 27.0 Å². The molecule has 9 nitrogen and oxygen atoms in total. The summed E-state index contributed by atoms with van der Waals surface area (Å²) in [6.07, 6.45) is 3.11. The van der Waals surface area contributed by atoms with E-state index in [1.165, 1.54) is 23.1 Å². The number of carbonyl (C=O) groups is 1. The van der Waals surface area contributed by atoms with E-state index >= 15 is 0 Å². The number of fused-ring (bicyclic) bond motifs is 1. The van der Waals surface area contributed by atoms with Crippen LogP contribution in [-0.4, -0.2) is 52.5 Å². The molecule has 2 aromatic heterocycles. The Morgan fingerprint density at radius 1 is 1.13 bits per heavy atom. The van der Waals surface area contributed by atoms with Crippen LogP contribution in [0.3, 0.4) is 0 Å². The van der Waals surface area contributed by atoms with Crippen molar-refractivity contribution in [1.29, 1.82) is 0 Å². The molecule has 3 heterocycles. The number of methoxy groups -OCH3 is 2. The van der Waals surface area contributed by atoms with Crippen LogP contribution in [-0.2, 0) is 17.9 Å². The van der Waals surface area contributed by atoms with Gasteiger partial charge in [0.1, 0.15) is 23.1 Å². The highest BCUT2D eigenvalue weighted by molar-refractivity contribution is 7.98. The predicted octanol–water partition coefficient (Wildman–Crippen LogP) is 5.11. The maximum Gasteiger partial charge on any atom is 0.410 e. The molecule has 1 aliphatic heterocycles. The SMILES string of the molecule is COc1ccc(Cn2c(SC)nc3sc(C4CCCN4C(=O)OCc4ccccc4)nc3c2=O)c(OC)c1. The fraction of sp³-hybridized carbons (Fsp3) is 0.333. The van der Waals surface area contributed by atoms with Gasteiger partial charge in [-0.25, -0.2) is 14.8 Å². The van der Waals surface area contributed by atoms with Gasteiger partial charge in [-0.3, -0.25) is 14.3 Å². The Morgan fingerprint density at radius 3 is 2.68 bits per heavy atom. The minimum atomic E-state index is -0.377. The van der Waals surface area contributed by atoms with Crippen molar-refractivity contribution in [3.63, 3.8) is 0 Å². The number of ether oxygens (including phenoxy) is 3. The second-order valence-electron chi connectivity index (χ2n) is 8.77. The molecule has 1 aliphatic rings. The van der Waals surface area contributed by atoms with Gasteiger partial charge in [0, 0.05) is 18.2 Å². The number of aromatic nitrogens is 3. The lowest BCUT2D eigenvalue weighted by atomic mass is 10.2. The van der Waals surface area contributed by atoms with Gasteiger partial charge >= 0.3 is 6.09 Å². The first-order chi connectivity index (χ1) is 18.5. The Labute approximate surface area is 228 Å². The Hall–Kier alpha value is -3.57. The van der Waals surface area contributed by atoms with E-state index in [2.05, 4.69) is 0 Å². The molecule has 0 spiro atoms. The molecular weight excluding hydrogens is 524 g/mol. The molecule has 1 fully saturated rings. The molecule has 0 saturated carbocycles. The number of thiazole rings is 1. The molecule has 4 aromatic rings. The van der Waals surface area contributed by atoms with Gasteiger partial charge in [0.05, 0.1) is 26.8 Å². The van der Waals surface area contributed by atoms with Crippen molar-refractivity contribution in [2.24, 2.45) is 0 Å². The van der Waals surface area contributed by atoms with Crippen molar-refractivity contribution in [3.05, 3.63) is 75.0 Å². The van der Waals surface area contributed by atoms with Crippen molar-refractivity contribution in [3.8, 4) is 11.5 Å². The second-order valence-corrected chi connectivity index (χ2v) is 10.5. The topological polar surface area (TPSA) is 95.8 Å². The first-order valence-corrected chi connectivity index (χ1v) is 14.2. The Bertz CT molecular complexity index is 1500. The van der Waals surface area contributed by atoms with E-state index in [0.717, 1.165) is 24.0 Å². The van der Waals surface area contributed by atoms with Crippen molar-refractivity contribution >= 4 is 39.5 Å². The molecule has 1 atom stereocenters. The summed E-state index contributed by atoms with van der Waals surface area (Å²) in [6, 6.07) is 14.8. The number of amides is 1. The van der Waals surface area contributed by atoms with Gasteiger partial charge in [0.15, 0.2) is 15.5 Å². The van der Waals surface area contributed by atoms with E-state index < -0.39 is 0 Å². The average Bonchev–Trinajstić information content (AvgIpc) is 3.61. The maximum absolute atomic E-state index is 13.6. The van der Waals surface area contributed by atoms with Crippen LogP contribution in [0.25, 0.3) is 10.3 Å². The summed E-state index contributed by atoms with van der Waals surface area (Å²) in [7, 11) is 3.18. The number of hydrogen-bond donors (Lipinski definition) is 0. The molecule has 5 rings (SSSR count). The fourth-order valence-electron chi connectivity index (χ4n) is 4.54. The van der Waals surface area contributed by atoms with Gasteiger partial charge in [-0.1, -0.05) is 53.4 Å². The number of carbonyl (C=O) groups excluding carboxylic acids is 1. The molecule has 11 heteroatoms. The molecule has 0 radical (unpaired) electrons. The highest BCUT2D eigenvalue weighted by Crippen LogP contribution is 2.36. The number of benzene rings is 2. The lowest BCUT2D eigenvalue weighted by Gasteiger charge is -2.22. The Morgan fingerprint density at radius 2 is 1.95 bits per heavy atom. The molecule has 1 saturated heterocycles. The monoisotopic (exact) mass is 552 g/mol. The van der Waals surface area contributed by atoms with Crippen LogP contribution in [0.1, 0.15) is 35.0 Å². The maximum atomic E-state index is 13.6. The van der Waals surface area contributed by atoms with Crippen LogP contribution in [0.5, 0.6) is 11.5 Å². The molecular formula is C27H28N4O5S2.